The van der Waals surface area contributed by atoms with E-state index in [-0.39, 0.29) is 24.8 Å². The highest BCUT2D eigenvalue weighted by atomic mass is 35.5. The molecule has 0 amide bonds. The molecule has 1 heterocycles. The number of hydrogen-bond donors (Lipinski definition) is 1. The van der Waals surface area contributed by atoms with Gasteiger partial charge in [-0.3, -0.25) is 0 Å². The van der Waals surface area contributed by atoms with E-state index in [2.05, 4.69) is 41.4 Å². The van der Waals surface area contributed by atoms with Crippen molar-refractivity contribution in [3.63, 3.8) is 0 Å². The summed E-state index contributed by atoms with van der Waals surface area (Å²) in [6, 6.07) is 8.95. The van der Waals surface area contributed by atoms with E-state index in [4.69, 9.17) is 0 Å². The fraction of sp³-hybridized carbons (Fsp3) is 0.500. The Kier molecular flexibility index (Phi) is 7.56. The number of anilines is 1. The monoisotopic (exact) mass is 262 g/mol. The molecule has 0 atom stereocenters. The summed E-state index contributed by atoms with van der Waals surface area (Å²) in [4.78, 5) is 2.44. The molecular formula is C12H20Cl2N2. The Morgan fingerprint density at radius 1 is 1.06 bits per heavy atom. The van der Waals surface area contributed by atoms with Gasteiger partial charge in [-0.25, -0.2) is 0 Å². The van der Waals surface area contributed by atoms with Gasteiger partial charge in [0.25, 0.3) is 0 Å². The van der Waals surface area contributed by atoms with Crippen LogP contribution >= 0.6 is 24.8 Å². The number of benzene rings is 1. The van der Waals surface area contributed by atoms with Gasteiger partial charge in [0.05, 0.1) is 0 Å². The van der Waals surface area contributed by atoms with Gasteiger partial charge < -0.3 is 10.2 Å². The molecule has 1 fully saturated rings. The molecule has 2 rings (SSSR count). The van der Waals surface area contributed by atoms with Crippen LogP contribution in [0.15, 0.2) is 24.3 Å². The van der Waals surface area contributed by atoms with Crippen molar-refractivity contribution in [2.45, 2.75) is 13.3 Å². The van der Waals surface area contributed by atoms with Crippen molar-refractivity contribution in [1.82, 2.24) is 5.32 Å². The lowest BCUT2D eigenvalue weighted by Crippen LogP contribution is -2.43. The molecule has 16 heavy (non-hydrogen) atoms. The van der Waals surface area contributed by atoms with Gasteiger partial charge in [-0.2, -0.15) is 0 Å². The Morgan fingerprint density at radius 3 is 2.12 bits per heavy atom. The van der Waals surface area contributed by atoms with E-state index in [0.29, 0.717) is 0 Å². The third-order valence-corrected chi connectivity index (χ3v) is 2.83. The number of nitrogens with zero attached hydrogens (tertiary/aromatic N) is 1. The van der Waals surface area contributed by atoms with Gasteiger partial charge >= 0.3 is 0 Å². The maximum atomic E-state index is 3.37. The van der Waals surface area contributed by atoms with Gasteiger partial charge in [-0.1, -0.05) is 19.1 Å². The van der Waals surface area contributed by atoms with E-state index in [9.17, 15) is 0 Å². The van der Waals surface area contributed by atoms with E-state index in [1.807, 2.05) is 0 Å². The minimum atomic E-state index is 0. The zero-order valence-corrected chi connectivity index (χ0v) is 11.2. The first-order valence-corrected chi connectivity index (χ1v) is 5.45. The van der Waals surface area contributed by atoms with Crippen molar-refractivity contribution in [2.24, 2.45) is 0 Å². The molecule has 0 bridgehead atoms. The summed E-state index contributed by atoms with van der Waals surface area (Å²) in [6.07, 6.45) is 1.13. The second kappa shape index (κ2) is 7.77. The zero-order valence-electron chi connectivity index (χ0n) is 9.61. The Bertz CT molecular complexity index is 282. The molecule has 1 saturated heterocycles. The number of hydrogen-bond acceptors (Lipinski definition) is 2. The van der Waals surface area contributed by atoms with Gasteiger partial charge in [0.1, 0.15) is 0 Å². The molecule has 1 aliphatic heterocycles. The van der Waals surface area contributed by atoms with E-state index >= 15 is 0 Å². The van der Waals surface area contributed by atoms with Crippen molar-refractivity contribution in [3.05, 3.63) is 29.8 Å². The third-order valence-electron chi connectivity index (χ3n) is 2.83. The molecule has 0 saturated carbocycles. The maximum Gasteiger partial charge on any atom is 0.0367 e. The van der Waals surface area contributed by atoms with Crippen LogP contribution in [0.3, 0.4) is 0 Å². The average Bonchev–Trinajstić information content (AvgIpc) is 2.30. The fourth-order valence-electron chi connectivity index (χ4n) is 1.87. The molecule has 1 N–H and O–H groups in total. The largest absolute Gasteiger partial charge is 0.369 e. The van der Waals surface area contributed by atoms with Crippen molar-refractivity contribution < 1.29 is 0 Å². The topological polar surface area (TPSA) is 15.3 Å². The predicted molar refractivity (Wildman–Crippen MR) is 75.4 cm³/mol. The average molecular weight is 263 g/mol. The molecule has 0 spiro atoms. The summed E-state index contributed by atoms with van der Waals surface area (Å²) in [5, 5.41) is 3.37. The first kappa shape index (κ1) is 15.6. The van der Waals surface area contributed by atoms with E-state index in [1.54, 1.807) is 0 Å². The maximum absolute atomic E-state index is 3.37. The van der Waals surface area contributed by atoms with Crippen LogP contribution in [-0.2, 0) is 6.42 Å². The summed E-state index contributed by atoms with van der Waals surface area (Å²) in [5.74, 6) is 0. The highest BCUT2D eigenvalue weighted by Gasteiger charge is 2.09. The van der Waals surface area contributed by atoms with Crippen molar-refractivity contribution in [2.75, 3.05) is 31.1 Å². The standard InChI is InChI=1S/C12H18N2.2ClH/c1-2-11-3-5-12(6-4-11)14-9-7-13-8-10-14;;/h3-6,13H,2,7-10H2,1H3;2*1H. The van der Waals surface area contributed by atoms with Crippen molar-refractivity contribution in [3.8, 4) is 0 Å². The molecule has 1 aliphatic rings. The number of piperazine rings is 1. The van der Waals surface area contributed by atoms with Gasteiger partial charge in [0, 0.05) is 31.9 Å². The van der Waals surface area contributed by atoms with Crippen molar-refractivity contribution >= 4 is 30.5 Å². The SMILES string of the molecule is CCc1ccc(N2CCNCC2)cc1.Cl.Cl. The van der Waals surface area contributed by atoms with Gasteiger partial charge in [-0.15, -0.1) is 24.8 Å². The summed E-state index contributed by atoms with van der Waals surface area (Å²) < 4.78 is 0. The minimum Gasteiger partial charge on any atom is -0.369 e. The van der Waals surface area contributed by atoms with Crippen LogP contribution in [0.4, 0.5) is 5.69 Å². The lowest BCUT2D eigenvalue weighted by molar-refractivity contribution is 0.589. The predicted octanol–water partition coefficient (Wildman–Crippen LogP) is 2.50. The molecule has 1 aromatic carbocycles. The number of rotatable bonds is 2. The second-order valence-electron chi connectivity index (χ2n) is 3.76. The molecule has 1 aromatic rings. The fourth-order valence-corrected chi connectivity index (χ4v) is 1.87. The highest BCUT2D eigenvalue weighted by Crippen LogP contribution is 2.15. The molecule has 4 heteroatoms. The molecule has 0 aliphatic carbocycles. The summed E-state index contributed by atoms with van der Waals surface area (Å²) >= 11 is 0. The van der Waals surface area contributed by atoms with Crippen LogP contribution in [0.2, 0.25) is 0 Å². The van der Waals surface area contributed by atoms with E-state index in [1.165, 1.54) is 11.3 Å². The Hall–Kier alpha value is -0.440. The van der Waals surface area contributed by atoms with Crippen LogP contribution in [0.25, 0.3) is 0 Å². The van der Waals surface area contributed by atoms with E-state index < -0.39 is 0 Å². The molecule has 2 nitrogen and oxygen atoms in total. The minimum absolute atomic E-state index is 0. The highest BCUT2D eigenvalue weighted by molar-refractivity contribution is 5.85. The lowest BCUT2D eigenvalue weighted by atomic mass is 10.1. The Balaban J connectivity index is 0.00000112. The van der Waals surface area contributed by atoms with Gasteiger partial charge in [0.15, 0.2) is 0 Å². The molecule has 0 aromatic heterocycles. The van der Waals surface area contributed by atoms with Crippen LogP contribution in [0, 0.1) is 0 Å². The third kappa shape index (κ3) is 3.85. The van der Waals surface area contributed by atoms with E-state index in [0.717, 1.165) is 32.6 Å². The molecule has 0 unspecified atom stereocenters. The van der Waals surface area contributed by atoms with Crippen LogP contribution in [0.1, 0.15) is 12.5 Å². The van der Waals surface area contributed by atoms with Gasteiger partial charge in [-0.05, 0) is 24.1 Å². The number of halogens is 2. The molecule has 92 valence electrons. The Morgan fingerprint density at radius 2 is 1.62 bits per heavy atom. The quantitative estimate of drug-likeness (QED) is 0.882. The van der Waals surface area contributed by atoms with Gasteiger partial charge in [0.2, 0.25) is 0 Å². The zero-order chi connectivity index (χ0) is 9.80. The summed E-state index contributed by atoms with van der Waals surface area (Å²) in [5.41, 5.74) is 2.78. The van der Waals surface area contributed by atoms with Crippen LogP contribution in [0.5, 0.6) is 0 Å². The normalized spacial score (nSPS) is 14.9. The van der Waals surface area contributed by atoms with Crippen molar-refractivity contribution in [1.29, 1.82) is 0 Å². The second-order valence-corrected chi connectivity index (χ2v) is 3.76. The Labute approximate surface area is 110 Å². The molecular weight excluding hydrogens is 243 g/mol. The van der Waals surface area contributed by atoms with Crippen LogP contribution in [-0.4, -0.2) is 26.2 Å². The first-order chi connectivity index (χ1) is 6.90. The van der Waals surface area contributed by atoms with Crippen LogP contribution < -0.4 is 10.2 Å². The molecule has 0 radical (unpaired) electrons. The summed E-state index contributed by atoms with van der Waals surface area (Å²) in [7, 11) is 0. The lowest BCUT2D eigenvalue weighted by Gasteiger charge is -2.29. The number of aryl methyl sites for hydroxylation is 1. The first-order valence-electron chi connectivity index (χ1n) is 5.45. The number of nitrogens with one attached hydrogen (secondary N) is 1. The smallest absolute Gasteiger partial charge is 0.0367 e. The summed E-state index contributed by atoms with van der Waals surface area (Å²) in [6.45, 7) is 6.67.